The van der Waals surface area contributed by atoms with Crippen molar-refractivity contribution in [2.75, 3.05) is 11.1 Å². The van der Waals surface area contributed by atoms with Gasteiger partial charge in [-0.15, -0.1) is 5.10 Å². The van der Waals surface area contributed by atoms with E-state index in [0.29, 0.717) is 0 Å². The third-order valence-electron chi connectivity index (χ3n) is 2.26. The smallest absolute Gasteiger partial charge is 0.244 e. The van der Waals surface area contributed by atoms with Gasteiger partial charge in [-0.2, -0.15) is 9.67 Å². The quantitative estimate of drug-likeness (QED) is 0.876. The first kappa shape index (κ1) is 13.3. The van der Waals surface area contributed by atoms with Crippen LogP contribution < -0.4 is 11.1 Å². The fourth-order valence-electron chi connectivity index (χ4n) is 1.54. The Morgan fingerprint density at radius 3 is 2.53 bits per heavy atom. The van der Waals surface area contributed by atoms with E-state index in [1.54, 1.807) is 0 Å². The van der Waals surface area contributed by atoms with E-state index in [1.165, 1.54) is 6.07 Å². The van der Waals surface area contributed by atoms with E-state index in [1.807, 2.05) is 20.8 Å². The second-order valence-electron chi connectivity index (χ2n) is 5.18. The molecular weight excluding hydrogens is 252 g/mol. The summed E-state index contributed by atoms with van der Waals surface area (Å²) >= 11 is 0. The van der Waals surface area contributed by atoms with Crippen LogP contribution in [0.3, 0.4) is 0 Å². The maximum atomic E-state index is 13.7. The van der Waals surface area contributed by atoms with Crippen molar-refractivity contribution in [2.24, 2.45) is 0 Å². The molecule has 7 heteroatoms. The molecule has 0 saturated carbocycles. The van der Waals surface area contributed by atoms with Gasteiger partial charge < -0.3 is 11.1 Å². The van der Waals surface area contributed by atoms with E-state index < -0.39 is 11.6 Å². The molecule has 0 radical (unpaired) electrons. The van der Waals surface area contributed by atoms with Crippen molar-refractivity contribution in [3.05, 3.63) is 29.8 Å². The van der Waals surface area contributed by atoms with Crippen LogP contribution in [0.2, 0.25) is 0 Å². The van der Waals surface area contributed by atoms with Gasteiger partial charge in [-0.05, 0) is 32.9 Å². The number of hydrogen-bond donors (Lipinski definition) is 2. The summed E-state index contributed by atoms with van der Waals surface area (Å²) in [6, 6.07) is 3.17. The van der Waals surface area contributed by atoms with Gasteiger partial charge in [0.15, 0.2) is 5.82 Å². The van der Waals surface area contributed by atoms with Crippen LogP contribution in [0.1, 0.15) is 20.8 Å². The molecule has 0 fully saturated rings. The molecule has 1 aromatic carbocycles. The highest BCUT2D eigenvalue weighted by molar-refractivity contribution is 5.43. The summed E-state index contributed by atoms with van der Waals surface area (Å²) in [6.45, 7) is 5.80. The van der Waals surface area contributed by atoms with Crippen LogP contribution in [-0.4, -0.2) is 20.3 Å². The molecule has 102 valence electrons. The predicted octanol–water partition coefficient (Wildman–Crippen LogP) is 2.34. The summed E-state index contributed by atoms with van der Waals surface area (Å²) in [5, 5.41) is 7.09. The average molecular weight is 267 g/mol. The lowest BCUT2D eigenvalue weighted by molar-refractivity contribution is 0.574. The van der Waals surface area contributed by atoms with Crippen LogP contribution >= 0.6 is 0 Å². The lowest BCUT2D eigenvalue weighted by Crippen LogP contribution is -2.26. The van der Waals surface area contributed by atoms with Gasteiger partial charge in [0.05, 0.1) is 0 Å². The fraction of sp³-hybridized carbons (Fsp3) is 0.333. The normalized spacial score (nSPS) is 11.6. The number of halogens is 2. The third-order valence-corrected chi connectivity index (χ3v) is 2.26. The van der Waals surface area contributed by atoms with Crippen molar-refractivity contribution in [1.82, 2.24) is 14.8 Å². The van der Waals surface area contributed by atoms with Crippen LogP contribution in [0, 0.1) is 11.6 Å². The summed E-state index contributed by atoms with van der Waals surface area (Å²) in [5.74, 6) is -1.10. The van der Waals surface area contributed by atoms with Crippen LogP contribution in [0.4, 0.5) is 20.7 Å². The molecule has 0 amide bonds. The van der Waals surface area contributed by atoms with Gasteiger partial charge in [0.25, 0.3) is 0 Å². The molecule has 0 atom stereocenters. The number of anilines is 2. The summed E-state index contributed by atoms with van der Waals surface area (Å²) in [4.78, 5) is 3.99. The molecule has 2 aromatic rings. The van der Waals surface area contributed by atoms with E-state index >= 15 is 0 Å². The number of nitrogens with two attached hydrogens (primary N) is 1. The molecule has 0 aliphatic carbocycles. The maximum absolute atomic E-state index is 13.7. The number of aromatic nitrogens is 3. The number of benzene rings is 1. The zero-order valence-corrected chi connectivity index (χ0v) is 10.9. The highest BCUT2D eigenvalue weighted by atomic mass is 19.1. The van der Waals surface area contributed by atoms with Crippen LogP contribution in [-0.2, 0) is 0 Å². The van der Waals surface area contributed by atoms with E-state index in [4.69, 9.17) is 5.73 Å². The van der Waals surface area contributed by atoms with Crippen LogP contribution in [0.25, 0.3) is 5.69 Å². The van der Waals surface area contributed by atoms with E-state index in [-0.39, 0.29) is 23.1 Å². The molecule has 19 heavy (non-hydrogen) atoms. The number of nitrogens with zero attached hydrogens (tertiary/aromatic N) is 3. The molecule has 0 aliphatic heterocycles. The molecule has 1 aromatic heterocycles. The van der Waals surface area contributed by atoms with Gasteiger partial charge in [0.1, 0.15) is 11.5 Å². The zero-order valence-electron chi connectivity index (χ0n) is 10.9. The Bertz CT molecular complexity index is 601. The van der Waals surface area contributed by atoms with Crippen molar-refractivity contribution in [3.8, 4) is 5.69 Å². The average Bonchev–Trinajstić information content (AvgIpc) is 2.56. The highest BCUT2D eigenvalue weighted by Crippen LogP contribution is 2.19. The SMILES string of the molecule is CC(C)(C)Nc1nc(N)n(-c2ccc(F)cc2F)n1. The van der Waals surface area contributed by atoms with Crippen molar-refractivity contribution < 1.29 is 8.78 Å². The molecule has 2 rings (SSSR count). The zero-order chi connectivity index (χ0) is 14.2. The lowest BCUT2D eigenvalue weighted by atomic mass is 10.1. The van der Waals surface area contributed by atoms with E-state index in [0.717, 1.165) is 16.8 Å². The monoisotopic (exact) mass is 267 g/mol. The molecule has 0 unspecified atom stereocenters. The van der Waals surface area contributed by atoms with E-state index in [2.05, 4.69) is 15.4 Å². The molecule has 0 spiro atoms. The lowest BCUT2D eigenvalue weighted by Gasteiger charge is -2.18. The molecule has 0 saturated heterocycles. The van der Waals surface area contributed by atoms with Crippen molar-refractivity contribution in [1.29, 1.82) is 0 Å². The fourth-order valence-corrected chi connectivity index (χ4v) is 1.54. The van der Waals surface area contributed by atoms with Crippen LogP contribution in [0.5, 0.6) is 0 Å². The number of rotatable bonds is 2. The Hall–Kier alpha value is -2.18. The first-order chi connectivity index (χ1) is 8.76. The number of nitrogens with one attached hydrogen (secondary N) is 1. The summed E-state index contributed by atoms with van der Waals surface area (Å²) in [5.41, 5.74) is 5.49. The van der Waals surface area contributed by atoms with Gasteiger partial charge in [-0.25, -0.2) is 8.78 Å². The molecule has 0 bridgehead atoms. The van der Waals surface area contributed by atoms with Gasteiger partial charge >= 0.3 is 0 Å². The first-order valence-corrected chi connectivity index (χ1v) is 5.72. The van der Waals surface area contributed by atoms with Crippen molar-refractivity contribution >= 4 is 11.9 Å². The molecular formula is C12H15F2N5. The van der Waals surface area contributed by atoms with Gasteiger partial charge in [-0.1, -0.05) is 0 Å². The molecule has 1 heterocycles. The topological polar surface area (TPSA) is 68.8 Å². The minimum absolute atomic E-state index is 0.0252. The van der Waals surface area contributed by atoms with Crippen molar-refractivity contribution in [2.45, 2.75) is 26.3 Å². The first-order valence-electron chi connectivity index (χ1n) is 5.72. The number of hydrogen-bond acceptors (Lipinski definition) is 4. The second-order valence-corrected chi connectivity index (χ2v) is 5.18. The highest BCUT2D eigenvalue weighted by Gasteiger charge is 2.17. The standard InChI is InChI=1S/C12H15F2N5/c1-12(2,3)17-11-16-10(15)19(18-11)9-5-4-7(13)6-8(9)14/h4-6H,1-3H3,(H3,15,16,17,18). The Balaban J connectivity index is 2.40. The maximum Gasteiger partial charge on any atom is 0.244 e. The minimum atomic E-state index is -0.751. The minimum Gasteiger partial charge on any atom is -0.368 e. The Labute approximate surface area is 109 Å². The molecule has 5 nitrogen and oxygen atoms in total. The second kappa shape index (κ2) is 4.49. The number of nitrogen functional groups attached to an aromatic ring is 1. The van der Waals surface area contributed by atoms with Gasteiger partial charge in [0, 0.05) is 11.6 Å². The van der Waals surface area contributed by atoms with Gasteiger partial charge in [-0.3, -0.25) is 0 Å². The predicted molar refractivity (Wildman–Crippen MR) is 69.1 cm³/mol. The Kier molecular flexibility index (Phi) is 3.13. The summed E-state index contributed by atoms with van der Waals surface area (Å²) in [7, 11) is 0. The third kappa shape index (κ3) is 2.98. The van der Waals surface area contributed by atoms with E-state index in [9.17, 15) is 8.78 Å². The van der Waals surface area contributed by atoms with Gasteiger partial charge in [0.2, 0.25) is 11.9 Å². The Morgan fingerprint density at radius 2 is 1.95 bits per heavy atom. The molecule has 3 N–H and O–H groups in total. The Morgan fingerprint density at radius 1 is 1.26 bits per heavy atom. The molecule has 0 aliphatic rings. The van der Waals surface area contributed by atoms with Crippen LogP contribution in [0.15, 0.2) is 18.2 Å². The summed E-state index contributed by atoms with van der Waals surface area (Å²) < 4.78 is 27.6. The van der Waals surface area contributed by atoms with Crippen molar-refractivity contribution in [3.63, 3.8) is 0 Å². The largest absolute Gasteiger partial charge is 0.368 e. The summed E-state index contributed by atoms with van der Waals surface area (Å²) in [6.07, 6.45) is 0.